The highest BCUT2D eigenvalue weighted by molar-refractivity contribution is 5.92. The Bertz CT molecular complexity index is 886. The summed E-state index contributed by atoms with van der Waals surface area (Å²) in [6.45, 7) is 4.39. The lowest BCUT2D eigenvalue weighted by molar-refractivity contribution is -0.261. The molecular weight excluding hydrogens is 350 g/mol. The fourth-order valence-corrected chi connectivity index (χ4v) is 7.21. The van der Waals surface area contributed by atoms with Gasteiger partial charge in [-0.3, -0.25) is 9.78 Å². The zero-order valence-corrected chi connectivity index (χ0v) is 16.7. The zero-order valence-electron chi connectivity index (χ0n) is 16.7. The normalized spacial score (nSPS) is 41.4. The van der Waals surface area contributed by atoms with E-state index < -0.39 is 11.2 Å². The molecular formula is C24H29NO3. The number of hydrogen-bond donors (Lipinski definition) is 2. The number of ketones is 1. The summed E-state index contributed by atoms with van der Waals surface area (Å²) in [5.74, 6) is -0.941. The van der Waals surface area contributed by atoms with E-state index in [1.165, 1.54) is 11.1 Å². The third kappa shape index (κ3) is 2.25. The SMILES string of the molecule is C[C@@]12C(=CC(=O)CC1(O)O)CC[C@@H]1[C@@H]2CC[C@]2(C)C(c3cccnc3)=CC[C@@H]12. The van der Waals surface area contributed by atoms with E-state index >= 15 is 0 Å². The highest BCUT2D eigenvalue weighted by atomic mass is 16.5. The molecule has 0 bridgehead atoms. The maximum absolute atomic E-state index is 12.1. The molecule has 0 amide bonds. The summed E-state index contributed by atoms with van der Waals surface area (Å²) < 4.78 is 0. The van der Waals surface area contributed by atoms with Crippen LogP contribution in [-0.2, 0) is 4.79 Å². The van der Waals surface area contributed by atoms with Crippen molar-refractivity contribution in [3.8, 4) is 0 Å². The van der Waals surface area contributed by atoms with Gasteiger partial charge in [0, 0.05) is 17.8 Å². The van der Waals surface area contributed by atoms with Gasteiger partial charge in [0.05, 0.1) is 6.42 Å². The molecule has 5 atom stereocenters. The first-order valence-corrected chi connectivity index (χ1v) is 10.6. The Morgan fingerprint density at radius 3 is 2.75 bits per heavy atom. The summed E-state index contributed by atoms with van der Waals surface area (Å²) in [5, 5.41) is 21.9. The Labute approximate surface area is 166 Å². The first-order chi connectivity index (χ1) is 13.3. The molecule has 28 heavy (non-hydrogen) atoms. The van der Waals surface area contributed by atoms with Crippen molar-refractivity contribution in [1.29, 1.82) is 0 Å². The summed E-state index contributed by atoms with van der Waals surface area (Å²) in [7, 11) is 0. The molecule has 4 heteroatoms. The molecule has 1 heterocycles. The number of aliphatic hydroxyl groups is 2. The van der Waals surface area contributed by atoms with Gasteiger partial charge >= 0.3 is 0 Å². The van der Waals surface area contributed by atoms with Gasteiger partial charge in [0.2, 0.25) is 0 Å². The van der Waals surface area contributed by atoms with Crippen molar-refractivity contribution < 1.29 is 15.0 Å². The number of hydrogen-bond acceptors (Lipinski definition) is 4. The third-order valence-electron chi connectivity index (χ3n) is 8.73. The lowest BCUT2D eigenvalue weighted by Gasteiger charge is -2.60. The van der Waals surface area contributed by atoms with Crippen molar-refractivity contribution in [2.24, 2.45) is 28.6 Å². The van der Waals surface area contributed by atoms with Crippen LogP contribution in [0.25, 0.3) is 5.57 Å². The van der Waals surface area contributed by atoms with Crippen molar-refractivity contribution in [2.45, 2.75) is 58.2 Å². The Kier molecular flexibility index (Phi) is 3.83. The molecule has 2 saturated carbocycles. The minimum absolute atomic E-state index is 0.111. The first-order valence-electron chi connectivity index (χ1n) is 10.6. The molecule has 1 aromatic rings. The minimum Gasteiger partial charge on any atom is -0.365 e. The maximum atomic E-state index is 12.1. The van der Waals surface area contributed by atoms with Crippen molar-refractivity contribution in [3.05, 3.63) is 47.8 Å². The van der Waals surface area contributed by atoms with Gasteiger partial charge in [0.15, 0.2) is 11.6 Å². The van der Waals surface area contributed by atoms with Crippen LogP contribution < -0.4 is 0 Å². The summed E-state index contributed by atoms with van der Waals surface area (Å²) in [6.07, 6.45) is 12.6. The average molecular weight is 380 g/mol. The van der Waals surface area contributed by atoms with Gasteiger partial charge in [-0.2, -0.15) is 0 Å². The second kappa shape index (κ2) is 5.87. The number of rotatable bonds is 1. The van der Waals surface area contributed by atoms with E-state index in [0.29, 0.717) is 11.8 Å². The summed E-state index contributed by atoms with van der Waals surface area (Å²) in [6, 6.07) is 4.16. The molecule has 4 nitrogen and oxygen atoms in total. The first kappa shape index (κ1) is 18.3. The number of pyridine rings is 1. The van der Waals surface area contributed by atoms with Crippen LogP contribution in [0.3, 0.4) is 0 Å². The summed E-state index contributed by atoms with van der Waals surface area (Å²) >= 11 is 0. The molecule has 0 spiro atoms. The van der Waals surface area contributed by atoms with Gasteiger partial charge in [0.25, 0.3) is 0 Å². The quantitative estimate of drug-likeness (QED) is 0.726. The second-order valence-electron chi connectivity index (χ2n) is 9.80. The van der Waals surface area contributed by atoms with Crippen LogP contribution in [0.5, 0.6) is 0 Å². The lowest BCUT2D eigenvalue weighted by atomic mass is 9.45. The number of aromatic nitrogens is 1. The van der Waals surface area contributed by atoms with Crippen LogP contribution in [-0.4, -0.2) is 26.8 Å². The number of allylic oxidation sites excluding steroid dienone is 3. The number of carbonyl (C=O) groups excluding carboxylic acids is 1. The molecule has 0 radical (unpaired) electrons. The van der Waals surface area contributed by atoms with E-state index in [2.05, 4.69) is 24.1 Å². The Hall–Kier alpha value is -1.78. The van der Waals surface area contributed by atoms with Gasteiger partial charge in [-0.25, -0.2) is 0 Å². The van der Waals surface area contributed by atoms with Crippen molar-refractivity contribution in [1.82, 2.24) is 4.98 Å². The maximum Gasteiger partial charge on any atom is 0.179 e. The number of fused-ring (bicyclic) bond motifs is 5. The molecule has 2 N–H and O–H groups in total. The highest BCUT2D eigenvalue weighted by Crippen LogP contribution is 2.67. The van der Waals surface area contributed by atoms with Crippen LogP contribution in [0.2, 0.25) is 0 Å². The van der Waals surface area contributed by atoms with Crippen molar-refractivity contribution in [3.63, 3.8) is 0 Å². The predicted octanol–water partition coefficient (Wildman–Crippen LogP) is 3.90. The smallest absolute Gasteiger partial charge is 0.179 e. The number of carbonyl (C=O) groups is 1. The molecule has 5 rings (SSSR count). The standard InChI is InChI=1S/C24H29NO3/c1-22-10-9-21-18(20(22)8-7-19(22)15-4-3-11-25-14-15)6-5-16-12-17(26)13-24(27,28)23(16,21)2/h3-4,7,11-12,14,18,20-21,27-28H,5-6,8-10,13H2,1-2H3/t18-,20-,21-,22+,23-/m0/s1. The Morgan fingerprint density at radius 2 is 2.00 bits per heavy atom. The topological polar surface area (TPSA) is 70.4 Å². The van der Waals surface area contributed by atoms with Gasteiger partial charge in [-0.1, -0.05) is 31.6 Å². The van der Waals surface area contributed by atoms with E-state index in [9.17, 15) is 15.0 Å². The molecule has 4 aliphatic carbocycles. The van der Waals surface area contributed by atoms with Crippen LogP contribution in [0.4, 0.5) is 0 Å². The second-order valence-corrected chi connectivity index (χ2v) is 9.80. The molecule has 1 aromatic heterocycles. The van der Waals surface area contributed by atoms with Crippen molar-refractivity contribution in [2.75, 3.05) is 0 Å². The largest absolute Gasteiger partial charge is 0.365 e. The average Bonchev–Trinajstić information content (AvgIpc) is 3.00. The van der Waals surface area contributed by atoms with Crippen LogP contribution in [0.15, 0.2) is 42.3 Å². The van der Waals surface area contributed by atoms with E-state index in [0.717, 1.165) is 37.7 Å². The van der Waals surface area contributed by atoms with Crippen LogP contribution in [0.1, 0.15) is 57.9 Å². The fraction of sp³-hybridized carbons (Fsp3) is 0.583. The molecule has 0 aliphatic heterocycles. The Balaban J connectivity index is 1.52. The van der Waals surface area contributed by atoms with E-state index in [1.807, 2.05) is 25.4 Å². The van der Waals surface area contributed by atoms with Gasteiger partial charge in [-0.05, 0) is 78.6 Å². The molecule has 148 valence electrons. The molecule has 0 saturated heterocycles. The monoisotopic (exact) mass is 379 g/mol. The predicted molar refractivity (Wildman–Crippen MR) is 107 cm³/mol. The highest BCUT2D eigenvalue weighted by Gasteiger charge is 2.63. The van der Waals surface area contributed by atoms with E-state index in [1.54, 1.807) is 6.08 Å². The lowest BCUT2D eigenvalue weighted by Crippen LogP contribution is -2.61. The van der Waals surface area contributed by atoms with Gasteiger partial charge in [0.1, 0.15) is 0 Å². The van der Waals surface area contributed by atoms with Crippen molar-refractivity contribution >= 4 is 11.4 Å². The van der Waals surface area contributed by atoms with Gasteiger partial charge < -0.3 is 10.2 Å². The van der Waals surface area contributed by atoms with E-state index in [4.69, 9.17) is 0 Å². The Morgan fingerprint density at radius 1 is 1.18 bits per heavy atom. The van der Waals surface area contributed by atoms with Crippen LogP contribution in [0, 0.1) is 28.6 Å². The van der Waals surface area contributed by atoms with Crippen LogP contribution >= 0.6 is 0 Å². The molecule has 0 aromatic carbocycles. The van der Waals surface area contributed by atoms with Gasteiger partial charge in [-0.15, -0.1) is 0 Å². The molecule has 2 fully saturated rings. The third-order valence-corrected chi connectivity index (χ3v) is 8.73. The van der Waals surface area contributed by atoms with E-state index in [-0.39, 0.29) is 23.5 Å². The minimum atomic E-state index is -1.94. The molecule has 0 unspecified atom stereocenters. The number of nitrogens with zero attached hydrogens (tertiary/aromatic N) is 1. The summed E-state index contributed by atoms with van der Waals surface area (Å²) in [4.78, 5) is 16.4. The zero-order chi connectivity index (χ0) is 19.7. The fourth-order valence-electron chi connectivity index (χ4n) is 7.21. The molecule has 4 aliphatic rings. The summed E-state index contributed by atoms with van der Waals surface area (Å²) in [5.41, 5.74) is 2.98.